The van der Waals surface area contributed by atoms with E-state index in [2.05, 4.69) is 16.8 Å². The first kappa shape index (κ1) is 15.4. The van der Waals surface area contributed by atoms with Gasteiger partial charge >= 0.3 is 0 Å². The van der Waals surface area contributed by atoms with E-state index in [1.54, 1.807) is 0 Å². The van der Waals surface area contributed by atoms with Gasteiger partial charge in [-0.05, 0) is 5.92 Å². The molecule has 0 saturated carbocycles. The van der Waals surface area contributed by atoms with Crippen LogP contribution in [0.4, 0.5) is 0 Å². The highest BCUT2D eigenvalue weighted by Gasteiger charge is 2.44. The van der Waals surface area contributed by atoms with Crippen LogP contribution in [0.5, 0.6) is 0 Å². The van der Waals surface area contributed by atoms with E-state index < -0.39 is 31.1 Å². The second-order valence-electron chi connectivity index (χ2n) is 4.47. The van der Waals surface area contributed by atoms with E-state index in [4.69, 9.17) is 20.2 Å². The van der Waals surface area contributed by atoms with Crippen molar-refractivity contribution in [3.8, 4) is 17.9 Å². The molecule has 1 aromatic heterocycles. The molecule has 0 bridgehead atoms. The molecule has 4 N–H and O–H groups in total. The van der Waals surface area contributed by atoms with Crippen LogP contribution in [0, 0.1) is 23.2 Å². The van der Waals surface area contributed by atoms with Crippen LogP contribution in [0.25, 0.3) is 0 Å². The molecule has 112 valence electrons. The summed E-state index contributed by atoms with van der Waals surface area (Å²) in [7, 11) is 0. The van der Waals surface area contributed by atoms with Crippen LogP contribution >= 0.6 is 0 Å². The number of aliphatic hydroxyl groups is 4. The maximum atomic E-state index is 9.98. The lowest BCUT2D eigenvalue weighted by Gasteiger charge is -2.17. The normalized spacial score (nSPS) is 28.0. The number of nitrogens with zero attached hydrogens (tertiary/aromatic N) is 3. The van der Waals surface area contributed by atoms with Crippen molar-refractivity contribution in [2.45, 2.75) is 31.0 Å². The van der Waals surface area contributed by atoms with Crippen molar-refractivity contribution in [2.75, 3.05) is 13.2 Å². The molecule has 0 amide bonds. The number of hydrogen-bond acceptors (Lipinski definition) is 7. The lowest BCUT2D eigenvalue weighted by Crippen LogP contribution is -2.33. The minimum atomic E-state index is -1.28. The number of imidazole rings is 1. The van der Waals surface area contributed by atoms with E-state index >= 15 is 0 Å². The minimum absolute atomic E-state index is 0.0539. The number of aromatic nitrogens is 2. The molecule has 2 rings (SSSR count). The van der Waals surface area contributed by atoms with Crippen molar-refractivity contribution in [1.29, 1.82) is 5.26 Å². The molecule has 0 aromatic carbocycles. The standard InChI is InChI=1S/C13H15N3O5/c14-5-8-9(3-1-2-4-17)16(7-15-8)13-12(20)11(19)10(6-18)21-13/h7,10-13,17-20H,2,4,6H2/t10-,11-,12-,13-/m1/s1. The van der Waals surface area contributed by atoms with Crippen LogP contribution in [0.1, 0.15) is 24.0 Å². The van der Waals surface area contributed by atoms with Gasteiger partial charge in [0.25, 0.3) is 0 Å². The zero-order valence-electron chi connectivity index (χ0n) is 11.0. The summed E-state index contributed by atoms with van der Waals surface area (Å²) < 4.78 is 6.71. The van der Waals surface area contributed by atoms with Gasteiger partial charge in [-0.25, -0.2) is 4.98 Å². The average Bonchev–Trinajstić information content (AvgIpc) is 3.02. The molecule has 8 nitrogen and oxygen atoms in total. The van der Waals surface area contributed by atoms with Gasteiger partial charge in [-0.3, -0.25) is 4.57 Å². The topological polar surface area (TPSA) is 132 Å². The summed E-state index contributed by atoms with van der Waals surface area (Å²) in [6.45, 7) is -0.559. The van der Waals surface area contributed by atoms with Crippen molar-refractivity contribution in [3.05, 3.63) is 17.7 Å². The van der Waals surface area contributed by atoms with Crippen LogP contribution < -0.4 is 0 Å². The average molecular weight is 293 g/mol. The Kier molecular flexibility index (Phi) is 4.91. The predicted molar refractivity (Wildman–Crippen MR) is 68.5 cm³/mol. The fourth-order valence-electron chi connectivity index (χ4n) is 2.07. The molecule has 0 unspecified atom stereocenters. The third-order valence-corrected chi connectivity index (χ3v) is 3.13. The van der Waals surface area contributed by atoms with Gasteiger partial charge in [-0.2, -0.15) is 5.26 Å². The van der Waals surface area contributed by atoms with Gasteiger partial charge in [0.2, 0.25) is 0 Å². The number of ether oxygens (including phenoxy) is 1. The molecule has 2 heterocycles. The first-order chi connectivity index (χ1) is 10.1. The zero-order chi connectivity index (χ0) is 15.4. The SMILES string of the molecule is N#Cc1ncn([C@@H]2O[C@H](CO)[C@@H](O)[C@H]2O)c1C#CCCO. The van der Waals surface area contributed by atoms with E-state index in [1.807, 2.05) is 6.07 Å². The molecule has 1 fully saturated rings. The van der Waals surface area contributed by atoms with Crippen LogP contribution in [-0.4, -0.2) is 61.5 Å². The van der Waals surface area contributed by atoms with Crippen molar-refractivity contribution < 1.29 is 25.2 Å². The van der Waals surface area contributed by atoms with E-state index in [0.29, 0.717) is 0 Å². The molecule has 0 aliphatic carbocycles. The first-order valence-corrected chi connectivity index (χ1v) is 6.33. The van der Waals surface area contributed by atoms with E-state index in [0.717, 1.165) is 0 Å². The predicted octanol–water partition coefficient (Wildman–Crippen LogP) is -1.90. The second kappa shape index (κ2) is 6.68. The Morgan fingerprint density at radius 1 is 1.33 bits per heavy atom. The van der Waals surface area contributed by atoms with Gasteiger partial charge < -0.3 is 25.2 Å². The minimum Gasteiger partial charge on any atom is -0.395 e. The smallest absolute Gasteiger partial charge is 0.174 e. The van der Waals surface area contributed by atoms with Crippen LogP contribution in [0.3, 0.4) is 0 Å². The molecule has 21 heavy (non-hydrogen) atoms. The summed E-state index contributed by atoms with van der Waals surface area (Å²) in [5, 5.41) is 46.6. The van der Waals surface area contributed by atoms with Gasteiger partial charge in [0.15, 0.2) is 11.9 Å². The Balaban J connectivity index is 2.35. The number of aliphatic hydroxyl groups excluding tert-OH is 4. The zero-order valence-corrected chi connectivity index (χ0v) is 11.0. The lowest BCUT2D eigenvalue weighted by molar-refractivity contribution is -0.0531. The molecule has 1 aliphatic heterocycles. The van der Waals surface area contributed by atoms with Gasteiger partial charge in [0.05, 0.1) is 19.5 Å². The molecule has 0 radical (unpaired) electrons. The summed E-state index contributed by atoms with van der Waals surface area (Å²) in [5.41, 5.74) is 0.277. The van der Waals surface area contributed by atoms with Gasteiger partial charge in [-0.1, -0.05) is 5.92 Å². The summed E-state index contributed by atoms with van der Waals surface area (Å²) in [6.07, 6.45) is -2.93. The van der Waals surface area contributed by atoms with Crippen molar-refractivity contribution in [1.82, 2.24) is 9.55 Å². The molecular formula is C13H15N3O5. The quantitative estimate of drug-likeness (QED) is 0.479. The highest BCUT2D eigenvalue weighted by atomic mass is 16.6. The number of rotatable bonds is 3. The van der Waals surface area contributed by atoms with E-state index in [1.165, 1.54) is 10.9 Å². The maximum absolute atomic E-state index is 9.98. The van der Waals surface area contributed by atoms with Gasteiger partial charge in [0, 0.05) is 6.42 Å². The Hall–Kier alpha value is -1.94. The maximum Gasteiger partial charge on any atom is 0.174 e. The molecule has 8 heteroatoms. The molecule has 0 spiro atoms. The Bertz CT molecular complexity index is 597. The number of hydrogen-bond donors (Lipinski definition) is 4. The summed E-state index contributed by atoms with van der Waals surface area (Å²) in [4.78, 5) is 3.87. The molecule has 1 aliphatic rings. The highest BCUT2D eigenvalue weighted by molar-refractivity contribution is 5.40. The van der Waals surface area contributed by atoms with Crippen molar-refractivity contribution in [3.63, 3.8) is 0 Å². The first-order valence-electron chi connectivity index (χ1n) is 6.33. The molecule has 1 aromatic rings. The van der Waals surface area contributed by atoms with Gasteiger partial charge in [0.1, 0.15) is 30.1 Å². The summed E-state index contributed by atoms with van der Waals surface area (Å²) in [5.74, 6) is 5.36. The summed E-state index contributed by atoms with van der Waals surface area (Å²) >= 11 is 0. The van der Waals surface area contributed by atoms with Crippen LogP contribution in [0.15, 0.2) is 6.33 Å². The number of nitriles is 1. The fraction of sp³-hybridized carbons (Fsp3) is 0.538. The largest absolute Gasteiger partial charge is 0.395 e. The van der Waals surface area contributed by atoms with Crippen LogP contribution in [-0.2, 0) is 4.74 Å². The second-order valence-corrected chi connectivity index (χ2v) is 4.47. The Morgan fingerprint density at radius 3 is 2.67 bits per heavy atom. The van der Waals surface area contributed by atoms with E-state index in [9.17, 15) is 10.2 Å². The highest BCUT2D eigenvalue weighted by Crippen LogP contribution is 2.30. The van der Waals surface area contributed by atoms with Gasteiger partial charge in [-0.15, -0.1) is 0 Å². The third kappa shape index (κ3) is 2.90. The van der Waals surface area contributed by atoms with Crippen molar-refractivity contribution >= 4 is 0 Å². The Morgan fingerprint density at radius 2 is 2.10 bits per heavy atom. The van der Waals surface area contributed by atoms with Crippen LogP contribution in [0.2, 0.25) is 0 Å². The monoisotopic (exact) mass is 293 g/mol. The Labute approximate surface area is 120 Å². The van der Waals surface area contributed by atoms with Crippen molar-refractivity contribution in [2.24, 2.45) is 0 Å². The summed E-state index contributed by atoms with van der Waals surface area (Å²) in [6, 6.07) is 1.87. The fourth-order valence-corrected chi connectivity index (χ4v) is 2.07. The molecule has 1 saturated heterocycles. The third-order valence-electron chi connectivity index (χ3n) is 3.13. The molecule has 4 atom stereocenters. The van der Waals surface area contributed by atoms with E-state index in [-0.39, 0.29) is 24.4 Å². The molecular weight excluding hydrogens is 278 g/mol. The lowest BCUT2D eigenvalue weighted by atomic mass is 10.1.